The van der Waals surface area contributed by atoms with E-state index in [4.69, 9.17) is 4.74 Å². The smallest absolute Gasteiger partial charge is 0.338 e. The molecule has 0 aromatic heterocycles. The molecule has 0 spiro atoms. The molecule has 0 saturated heterocycles. The third-order valence-corrected chi connectivity index (χ3v) is 7.34. The molecule has 3 rings (SSSR count). The van der Waals surface area contributed by atoms with E-state index in [-0.39, 0.29) is 22.8 Å². The number of ketones is 1. The SMILES string of the molecule is CN(C)S(=O)(=O)c1ccc(C(=O)OCC(=O)c2ccc(C3CCCCC3)cc2)cc1. The topological polar surface area (TPSA) is 80.8 Å². The van der Waals surface area contributed by atoms with Gasteiger partial charge in [-0.1, -0.05) is 43.5 Å². The standard InChI is InChI=1S/C23H27NO5S/c1-24(2)30(27,28)21-14-12-20(13-15-21)23(26)29-16-22(25)19-10-8-18(9-11-19)17-6-4-3-5-7-17/h8-15,17H,3-7,16H2,1-2H3. The van der Waals surface area contributed by atoms with Gasteiger partial charge in [-0.2, -0.15) is 0 Å². The third kappa shape index (κ3) is 5.15. The van der Waals surface area contributed by atoms with Crippen molar-refractivity contribution in [3.8, 4) is 0 Å². The van der Waals surface area contributed by atoms with Crippen molar-refractivity contribution in [1.29, 1.82) is 0 Å². The van der Waals surface area contributed by atoms with E-state index < -0.39 is 16.0 Å². The molecule has 0 N–H and O–H groups in total. The highest BCUT2D eigenvalue weighted by Gasteiger charge is 2.19. The van der Waals surface area contributed by atoms with Crippen molar-refractivity contribution in [3.05, 3.63) is 65.2 Å². The van der Waals surface area contributed by atoms with Crippen molar-refractivity contribution >= 4 is 21.8 Å². The molecule has 1 saturated carbocycles. The van der Waals surface area contributed by atoms with Gasteiger partial charge in [-0.05, 0) is 48.6 Å². The normalized spacial score (nSPS) is 15.2. The van der Waals surface area contributed by atoms with E-state index in [1.165, 1.54) is 76.0 Å². The number of nitrogens with zero attached hydrogens (tertiary/aromatic N) is 1. The van der Waals surface area contributed by atoms with Gasteiger partial charge in [0, 0.05) is 19.7 Å². The molecule has 0 unspecified atom stereocenters. The van der Waals surface area contributed by atoms with Gasteiger partial charge in [0.2, 0.25) is 10.0 Å². The first-order valence-corrected chi connectivity index (χ1v) is 11.6. The van der Waals surface area contributed by atoms with Gasteiger partial charge in [-0.25, -0.2) is 17.5 Å². The minimum Gasteiger partial charge on any atom is -0.454 e. The zero-order valence-corrected chi connectivity index (χ0v) is 18.2. The van der Waals surface area contributed by atoms with Gasteiger partial charge >= 0.3 is 5.97 Å². The van der Waals surface area contributed by atoms with E-state index in [0.29, 0.717) is 11.5 Å². The Morgan fingerprint density at radius 1 is 0.900 bits per heavy atom. The lowest BCUT2D eigenvalue weighted by molar-refractivity contribution is 0.0474. The van der Waals surface area contributed by atoms with Crippen LogP contribution in [-0.2, 0) is 14.8 Å². The molecular formula is C23H27NO5S. The second kappa shape index (κ2) is 9.53. The van der Waals surface area contributed by atoms with Crippen LogP contribution >= 0.6 is 0 Å². The van der Waals surface area contributed by atoms with Crippen LogP contribution in [0.3, 0.4) is 0 Å². The van der Waals surface area contributed by atoms with Gasteiger partial charge in [-0.15, -0.1) is 0 Å². The van der Waals surface area contributed by atoms with Crippen LogP contribution < -0.4 is 0 Å². The first-order valence-electron chi connectivity index (χ1n) is 10.1. The summed E-state index contributed by atoms with van der Waals surface area (Å²) in [7, 11) is -0.695. The van der Waals surface area contributed by atoms with Crippen LogP contribution in [-0.4, -0.2) is 45.2 Å². The Morgan fingerprint density at radius 2 is 1.47 bits per heavy atom. The lowest BCUT2D eigenvalue weighted by Crippen LogP contribution is -2.22. The fraction of sp³-hybridized carbons (Fsp3) is 0.391. The summed E-state index contributed by atoms with van der Waals surface area (Å²) in [5.74, 6) is -0.374. The van der Waals surface area contributed by atoms with Crippen LogP contribution in [0, 0.1) is 0 Å². The van der Waals surface area contributed by atoms with Gasteiger partial charge in [0.1, 0.15) is 0 Å². The summed E-state index contributed by atoms with van der Waals surface area (Å²) in [5, 5.41) is 0. The van der Waals surface area contributed by atoms with Crippen LogP contribution in [0.25, 0.3) is 0 Å². The maximum absolute atomic E-state index is 12.4. The van der Waals surface area contributed by atoms with Crippen LogP contribution in [0.4, 0.5) is 0 Å². The molecule has 0 bridgehead atoms. The summed E-state index contributed by atoms with van der Waals surface area (Å²) in [6.07, 6.45) is 6.19. The number of carbonyl (C=O) groups is 2. The molecule has 0 heterocycles. The molecular weight excluding hydrogens is 402 g/mol. The fourth-order valence-corrected chi connectivity index (χ4v) is 4.55. The maximum Gasteiger partial charge on any atom is 0.338 e. The van der Waals surface area contributed by atoms with Crippen LogP contribution in [0.15, 0.2) is 53.4 Å². The highest BCUT2D eigenvalue weighted by Crippen LogP contribution is 2.32. The fourth-order valence-electron chi connectivity index (χ4n) is 3.65. The summed E-state index contributed by atoms with van der Waals surface area (Å²) in [4.78, 5) is 24.6. The highest BCUT2D eigenvalue weighted by molar-refractivity contribution is 7.89. The molecule has 0 radical (unpaired) electrons. The van der Waals surface area contributed by atoms with Gasteiger partial charge in [0.05, 0.1) is 10.5 Å². The third-order valence-electron chi connectivity index (χ3n) is 5.51. The molecule has 1 aliphatic carbocycles. The Hall–Kier alpha value is -2.51. The van der Waals surface area contributed by atoms with E-state index in [0.717, 1.165) is 4.31 Å². The average Bonchev–Trinajstić information content (AvgIpc) is 2.78. The molecule has 2 aromatic carbocycles. The summed E-state index contributed by atoms with van der Waals surface area (Å²) < 4.78 is 30.4. The van der Waals surface area contributed by atoms with E-state index in [1.54, 1.807) is 12.1 Å². The van der Waals surface area contributed by atoms with Crippen LogP contribution in [0.1, 0.15) is 64.3 Å². The quantitative estimate of drug-likeness (QED) is 0.490. The van der Waals surface area contributed by atoms with Crippen molar-refractivity contribution in [2.45, 2.75) is 42.9 Å². The second-order valence-corrected chi connectivity index (χ2v) is 9.92. The molecule has 2 aromatic rings. The predicted molar refractivity (Wildman–Crippen MR) is 114 cm³/mol. The molecule has 1 fully saturated rings. The lowest BCUT2D eigenvalue weighted by Gasteiger charge is -2.22. The van der Waals surface area contributed by atoms with E-state index >= 15 is 0 Å². The van der Waals surface area contributed by atoms with E-state index in [9.17, 15) is 18.0 Å². The van der Waals surface area contributed by atoms with Crippen molar-refractivity contribution in [1.82, 2.24) is 4.31 Å². The van der Waals surface area contributed by atoms with Crippen molar-refractivity contribution in [3.63, 3.8) is 0 Å². The zero-order chi connectivity index (χ0) is 21.7. The Bertz CT molecular complexity index is 989. The average molecular weight is 430 g/mol. The van der Waals surface area contributed by atoms with E-state index in [2.05, 4.69) is 0 Å². The maximum atomic E-state index is 12.4. The molecule has 0 amide bonds. The molecule has 160 valence electrons. The Labute approximate surface area is 177 Å². The number of sulfonamides is 1. The monoisotopic (exact) mass is 429 g/mol. The van der Waals surface area contributed by atoms with Gasteiger partial charge in [0.25, 0.3) is 0 Å². The predicted octanol–water partition coefficient (Wildman–Crippen LogP) is 4.02. The summed E-state index contributed by atoms with van der Waals surface area (Å²) in [6.45, 7) is -0.362. The highest BCUT2D eigenvalue weighted by atomic mass is 32.2. The van der Waals surface area contributed by atoms with E-state index in [1.807, 2.05) is 12.1 Å². The van der Waals surface area contributed by atoms with Crippen molar-refractivity contribution in [2.24, 2.45) is 0 Å². The number of rotatable bonds is 7. The minimum absolute atomic E-state index is 0.0816. The summed E-state index contributed by atoms with van der Waals surface area (Å²) in [5.41, 5.74) is 1.96. The zero-order valence-electron chi connectivity index (χ0n) is 17.3. The first kappa shape index (κ1) is 22.2. The lowest BCUT2D eigenvalue weighted by atomic mass is 9.84. The van der Waals surface area contributed by atoms with Gasteiger partial charge in [-0.3, -0.25) is 4.79 Å². The van der Waals surface area contributed by atoms with Gasteiger partial charge in [0.15, 0.2) is 12.4 Å². The first-order chi connectivity index (χ1) is 14.3. The largest absolute Gasteiger partial charge is 0.454 e. The Kier molecular flexibility index (Phi) is 7.05. The van der Waals surface area contributed by atoms with Crippen LogP contribution in [0.2, 0.25) is 0 Å². The summed E-state index contributed by atoms with van der Waals surface area (Å²) in [6, 6.07) is 13.0. The second-order valence-electron chi connectivity index (χ2n) is 7.77. The Morgan fingerprint density at radius 3 is 2.03 bits per heavy atom. The number of hydrogen-bond acceptors (Lipinski definition) is 5. The molecule has 30 heavy (non-hydrogen) atoms. The number of esters is 1. The van der Waals surface area contributed by atoms with Crippen LogP contribution in [0.5, 0.6) is 0 Å². The number of hydrogen-bond donors (Lipinski definition) is 0. The number of Topliss-reactive ketones (excluding diaryl/α,β-unsaturated/α-hetero) is 1. The Balaban J connectivity index is 1.57. The molecule has 6 nitrogen and oxygen atoms in total. The molecule has 1 aliphatic rings. The number of benzene rings is 2. The number of ether oxygens (including phenoxy) is 1. The minimum atomic E-state index is -3.57. The van der Waals surface area contributed by atoms with Crippen molar-refractivity contribution < 1.29 is 22.7 Å². The molecule has 0 atom stereocenters. The molecule has 0 aliphatic heterocycles. The molecule has 7 heteroatoms. The van der Waals surface area contributed by atoms with Crippen molar-refractivity contribution in [2.75, 3.05) is 20.7 Å². The van der Waals surface area contributed by atoms with Gasteiger partial charge < -0.3 is 4.74 Å². The number of carbonyl (C=O) groups excluding carboxylic acids is 2. The summed E-state index contributed by atoms with van der Waals surface area (Å²) >= 11 is 0.